The highest BCUT2D eigenvalue weighted by atomic mass is 16.5. The molecule has 1 saturated heterocycles. The second-order valence-corrected chi connectivity index (χ2v) is 4.01. The van der Waals surface area contributed by atoms with Crippen LogP contribution in [0.2, 0.25) is 0 Å². The highest BCUT2D eigenvalue weighted by Crippen LogP contribution is 2.14. The summed E-state index contributed by atoms with van der Waals surface area (Å²) in [7, 11) is 3.59. The first-order valence-electron chi connectivity index (χ1n) is 5.43. The van der Waals surface area contributed by atoms with Gasteiger partial charge in [0.2, 0.25) is 11.9 Å². The molecule has 0 aromatic carbocycles. The second-order valence-electron chi connectivity index (χ2n) is 4.01. The lowest BCUT2D eigenvalue weighted by Crippen LogP contribution is -2.25. The summed E-state index contributed by atoms with van der Waals surface area (Å²) in [5, 5.41) is 3.24. The number of ether oxygens (including phenoxy) is 1. The predicted molar refractivity (Wildman–Crippen MR) is 63.7 cm³/mol. The Kier molecular flexibility index (Phi) is 3.55. The third-order valence-corrected chi connectivity index (χ3v) is 2.65. The molecule has 8 heteroatoms. The number of aromatic nitrogens is 3. The van der Waals surface area contributed by atoms with Gasteiger partial charge in [0, 0.05) is 12.6 Å². The average molecular weight is 239 g/mol. The van der Waals surface area contributed by atoms with Gasteiger partial charge in [-0.1, -0.05) is 0 Å². The van der Waals surface area contributed by atoms with Crippen LogP contribution in [-0.4, -0.2) is 53.1 Å². The van der Waals surface area contributed by atoms with Gasteiger partial charge in [0.05, 0.1) is 7.11 Å². The van der Waals surface area contributed by atoms with E-state index in [0.717, 1.165) is 19.5 Å². The molecule has 0 radical (unpaired) electrons. The Bertz CT molecular complexity index is 363. The Morgan fingerprint density at radius 2 is 2.12 bits per heavy atom. The van der Waals surface area contributed by atoms with E-state index in [1.165, 1.54) is 7.11 Å². The number of nitrogens with one attached hydrogen (secondary N) is 2. The summed E-state index contributed by atoms with van der Waals surface area (Å²) in [6.07, 6.45) is 1.07. The third kappa shape index (κ3) is 2.92. The number of hydrogen-bond acceptors (Lipinski definition) is 8. The summed E-state index contributed by atoms with van der Waals surface area (Å²) in [6, 6.07) is 0.583. The van der Waals surface area contributed by atoms with Crippen LogP contribution in [0.15, 0.2) is 0 Å². The smallest absolute Gasteiger partial charge is 0.322 e. The van der Waals surface area contributed by atoms with E-state index in [1.807, 2.05) is 0 Å². The number of likely N-dealkylation sites (N-methyl/N-ethyl adjacent to an activating group) is 1. The van der Waals surface area contributed by atoms with Crippen LogP contribution in [0, 0.1) is 0 Å². The van der Waals surface area contributed by atoms with Crippen molar-refractivity contribution in [3.05, 3.63) is 0 Å². The molecular formula is C9H17N7O. The molecule has 1 aliphatic heterocycles. The summed E-state index contributed by atoms with van der Waals surface area (Å²) in [5.74, 6) is 6.04. The molecule has 0 saturated carbocycles. The Hall–Kier alpha value is -1.67. The minimum atomic E-state index is 0.238. The van der Waals surface area contributed by atoms with Crippen molar-refractivity contribution in [1.29, 1.82) is 0 Å². The van der Waals surface area contributed by atoms with Crippen LogP contribution in [0.25, 0.3) is 0 Å². The molecule has 1 aliphatic rings. The first kappa shape index (κ1) is 11.8. The number of nitrogens with zero attached hydrogens (tertiary/aromatic N) is 4. The van der Waals surface area contributed by atoms with Gasteiger partial charge < -0.3 is 15.0 Å². The lowest BCUT2D eigenvalue weighted by molar-refractivity contribution is 0.379. The van der Waals surface area contributed by atoms with E-state index in [-0.39, 0.29) is 12.0 Å². The van der Waals surface area contributed by atoms with Crippen molar-refractivity contribution in [3.63, 3.8) is 0 Å². The Labute approximate surface area is 99.6 Å². The standard InChI is InChI=1S/C9H17N7O/c1-16-4-3-6(5-16)11-7-12-8(15-10)14-9(13-7)17-2/h6H,3-5,10H2,1-2H3,(H2,11,12,13,14,15). The highest BCUT2D eigenvalue weighted by molar-refractivity contribution is 5.36. The van der Waals surface area contributed by atoms with E-state index in [0.29, 0.717) is 12.0 Å². The van der Waals surface area contributed by atoms with Crippen molar-refractivity contribution in [3.8, 4) is 6.01 Å². The van der Waals surface area contributed by atoms with Crippen LogP contribution in [0.3, 0.4) is 0 Å². The molecule has 94 valence electrons. The summed E-state index contributed by atoms with van der Waals surface area (Å²) in [4.78, 5) is 14.4. The molecule has 1 atom stereocenters. The number of anilines is 2. The maximum Gasteiger partial charge on any atom is 0.322 e. The summed E-state index contributed by atoms with van der Waals surface area (Å²) in [5.41, 5.74) is 2.38. The van der Waals surface area contributed by atoms with Crippen LogP contribution < -0.4 is 21.3 Å². The van der Waals surface area contributed by atoms with E-state index in [9.17, 15) is 0 Å². The Balaban J connectivity index is 2.09. The van der Waals surface area contributed by atoms with Crippen molar-refractivity contribution in [2.24, 2.45) is 5.84 Å². The Morgan fingerprint density at radius 1 is 1.35 bits per heavy atom. The fourth-order valence-electron chi connectivity index (χ4n) is 1.81. The molecule has 1 fully saturated rings. The number of hydrazine groups is 1. The van der Waals surface area contributed by atoms with E-state index < -0.39 is 0 Å². The van der Waals surface area contributed by atoms with E-state index >= 15 is 0 Å². The minimum absolute atomic E-state index is 0.238. The highest BCUT2D eigenvalue weighted by Gasteiger charge is 2.20. The van der Waals surface area contributed by atoms with Gasteiger partial charge in [0.1, 0.15) is 0 Å². The van der Waals surface area contributed by atoms with Crippen LogP contribution in [0.1, 0.15) is 6.42 Å². The van der Waals surface area contributed by atoms with Crippen molar-refractivity contribution in [2.45, 2.75) is 12.5 Å². The number of rotatable bonds is 4. The van der Waals surface area contributed by atoms with Gasteiger partial charge in [0.15, 0.2) is 0 Å². The van der Waals surface area contributed by atoms with Gasteiger partial charge in [0.25, 0.3) is 0 Å². The average Bonchev–Trinajstić information content (AvgIpc) is 2.74. The van der Waals surface area contributed by atoms with Gasteiger partial charge in [-0.25, -0.2) is 5.84 Å². The number of methoxy groups -OCH3 is 1. The molecule has 1 aromatic rings. The molecule has 2 rings (SSSR count). The minimum Gasteiger partial charge on any atom is -0.467 e. The van der Waals surface area contributed by atoms with Crippen LogP contribution in [-0.2, 0) is 0 Å². The number of nitrogens with two attached hydrogens (primary N) is 1. The summed E-state index contributed by atoms with van der Waals surface area (Å²) in [6.45, 7) is 2.04. The quantitative estimate of drug-likeness (QED) is 0.467. The van der Waals surface area contributed by atoms with Crippen LogP contribution >= 0.6 is 0 Å². The van der Waals surface area contributed by atoms with Gasteiger partial charge in [-0.3, -0.25) is 5.43 Å². The van der Waals surface area contributed by atoms with Crippen molar-refractivity contribution in [2.75, 3.05) is 38.0 Å². The van der Waals surface area contributed by atoms with Gasteiger partial charge in [-0.2, -0.15) is 15.0 Å². The molecule has 8 nitrogen and oxygen atoms in total. The van der Waals surface area contributed by atoms with E-state index in [2.05, 4.69) is 37.6 Å². The van der Waals surface area contributed by atoms with Crippen LogP contribution in [0.4, 0.5) is 11.9 Å². The molecule has 0 aliphatic carbocycles. The lowest BCUT2D eigenvalue weighted by atomic mass is 10.3. The topological polar surface area (TPSA) is 101 Å². The normalized spacial score (nSPS) is 20.3. The fourth-order valence-corrected chi connectivity index (χ4v) is 1.81. The number of nitrogen functional groups attached to an aromatic ring is 1. The maximum atomic E-state index is 5.28. The van der Waals surface area contributed by atoms with Crippen molar-refractivity contribution < 1.29 is 4.74 Å². The Morgan fingerprint density at radius 3 is 2.71 bits per heavy atom. The van der Waals surface area contributed by atoms with Gasteiger partial charge in [-0.15, -0.1) is 0 Å². The molecule has 0 spiro atoms. The molecule has 17 heavy (non-hydrogen) atoms. The molecule has 1 unspecified atom stereocenters. The monoisotopic (exact) mass is 239 g/mol. The zero-order valence-electron chi connectivity index (χ0n) is 9.97. The number of hydrogen-bond donors (Lipinski definition) is 3. The summed E-state index contributed by atoms with van der Waals surface area (Å²) >= 11 is 0. The lowest BCUT2D eigenvalue weighted by Gasteiger charge is -2.13. The van der Waals surface area contributed by atoms with Gasteiger partial charge >= 0.3 is 6.01 Å². The molecule has 1 aromatic heterocycles. The summed E-state index contributed by atoms with van der Waals surface area (Å²) < 4.78 is 4.97. The van der Waals surface area contributed by atoms with Crippen molar-refractivity contribution in [1.82, 2.24) is 19.9 Å². The molecule has 4 N–H and O–H groups in total. The SMILES string of the molecule is COc1nc(NN)nc(NC2CCN(C)C2)n1. The number of likely N-dealkylation sites (tertiary alicyclic amines) is 1. The second kappa shape index (κ2) is 5.11. The van der Waals surface area contributed by atoms with Crippen LogP contribution in [0.5, 0.6) is 6.01 Å². The van der Waals surface area contributed by atoms with E-state index in [1.54, 1.807) is 0 Å². The zero-order valence-corrected chi connectivity index (χ0v) is 9.97. The maximum absolute atomic E-state index is 5.28. The fraction of sp³-hybridized carbons (Fsp3) is 0.667. The van der Waals surface area contributed by atoms with Crippen molar-refractivity contribution >= 4 is 11.9 Å². The molecule has 0 bridgehead atoms. The molecule has 0 amide bonds. The third-order valence-electron chi connectivity index (χ3n) is 2.65. The first-order chi connectivity index (χ1) is 8.21. The van der Waals surface area contributed by atoms with E-state index in [4.69, 9.17) is 10.6 Å². The molecular weight excluding hydrogens is 222 g/mol. The van der Waals surface area contributed by atoms with Gasteiger partial charge in [-0.05, 0) is 20.0 Å². The first-order valence-corrected chi connectivity index (χ1v) is 5.43. The molecule has 2 heterocycles. The predicted octanol–water partition coefficient (Wildman–Crippen LogP) is -0.718. The largest absolute Gasteiger partial charge is 0.467 e. The zero-order chi connectivity index (χ0) is 12.3.